The van der Waals surface area contributed by atoms with Crippen LogP contribution in [-0.2, 0) is 17.9 Å². The standard InChI is InChI=1S/C19H21ClN2O/c1-22(2)14-17-8-6-16(7-9-17)13-21-19(23)11-10-15-4-3-5-18(20)12-15/h3-12H,13-14H2,1-2H3,(H,21,23)/p+1/b11-10+. The number of hydrogen-bond donors (Lipinski definition) is 2. The summed E-state index contributed by atoms with van der Waals surface area (Å²) in [5, 5.41) is 3.54. The van der Waals surface area contributed by atoms with Gasteiger partial charge in [0.05, 0.1) is 14.1 Å². The van der Waals surface area contributed by atoms with Gasteiger partial charge in [0.2, 0.25) is 5.91 Å². The first-order valence-corrected chi connectivity index (χ1v) is 7.99. The van der Waals surface area contributed by atoms with E-state index in [-0.39, 0.29) is 5.91 Å². The molecule has 120 valence electrons. The predicted octanol–water partition coefficient (Wildman–Crippen LogP) is 2.31. The zero-order chi connectivity index (χ0) is 16.7. The van der Waals surface area contributed by atoms with Crippen LogP contribution >= 0.6 is 11.6 Å². The smallest absolute Gasteiger partial charge is 0.244 e. The Morgan fingerprint density at radius 2 is 1.83 bits per heavy atom. The van der Waals surface area contributed by atoms with Crippen LogP contribution in [0.2, 0.25) is 5.02 Å². The summed E-state index contributed by atoms with van der Waals surface area (Å²) in [6, 6.07) is 15.7. The van der Waals surface area contributed by atoms with Gasteiger partial charge in [-0.3, -0.25) is 4.79 Å². The first-order valence-electron chi connectivity index (χ1n) is 7.61. The molecule has 2 rings (SSSR count). The van der Waals surface area contributed by atoms with Crippen molar-refractivity contribution in [2.24, 2.45) is 0 Å². The molecule has 0 bridgehead atoms. The quantitative estimate of drug-likeness (QED) is 0.784. The highest BCUT2D eigenvalue weighted by molar-refractivity contribution is 6.30. The van der Waals surface area contributed by atoms with Crippen molar-refractivity contribution in [3.63, 3.8) is 0 Å². The fourth-order valence-electron chi connectivity index (χ4n) is 2.21. The van der Waals surface area contributed by atoms with Gasteiger partial charge in [-0.25, -0.2) is 0 Å². The summed E-state index contributed by atoms with van der Waals surface area (Å²) < 4.78 is 0. The molecule has 2 aromatic carbocycles. The van der Waals surface area contributed by atoms with Gasteiger partial charge in [-0.05, 0) is 29.3 Å². The Morgan fingerprint density at radius 1 is 1.13 bits per heavy atom. The number of quaternary nitrogens is 1. The fourth-order valence-corrected chi connectivity index (χ4v) is 2.41. The lowest BCUT2D eigenvalue weighted by molar-refractivity contribution is -0.872. The normalized spacial score (nSPS) is 11.1. The zero-order valence-electron chi connectivity index (χ0n) is 13.5. The van der Waals surface area contributed by atoms with Crippen LogP contribution in [0.4, 0.5) is 0 Å². The molecule has 0 aromatic heterocycles. The van der Waals surface area contributed by atoms with Gasteiger partial charge < -0.3 is 10.2 Å². The maximum absolute atomic E-state index is 11.9. The van der Waals surface area contributed by atoms with Crippen molar-refractivity contribution in [3.05, 3.63) is 76.3 Å². The minimum atomic E-state index is -0.119. The fraction of sp³-hybridized carbons (Fsp3) is 0.211. The first-order chi connectivity index (χ1) is 11.0. The van der Waals surface area contributed by atoms with Gasteiger partial charge in [-0.2, -0.15) is 0 Å². The van der Waals surface area contributed by atoms with Gasteiger partial charge in [0.1, 0.15) is 6.54 Å². The SMILES string of the molecule is C[NH+](C)Cc1ccc(CNC(=O)/C=C/c2cccc(Cl)c2)cc1. The lowest BCUT2D eigenvalue weighted by atomic mass is 10.1. The summed E-state index contributed by atoms with van der Waals surface area (Å²) in [4.78, 5) is 13.2. The highest BCUT2D eigenvalue weighted by Crippen LogP contribution is 2.11. The third-order valence-electron chi connectivity index (χ3n) is 3.32. The number of amides is 1. The Kier molecular flexibility index (Phi) is 6.39. The molecule has 0 unspecified atom stereocenters. The van der Waals surface area contributed by atoms with E-state index in [9.17, 15) is 4.79 Å². The van der Waals surface area contributed by atoms with Crippen LogP contribution in [0.3, 0.4) is 0 Å². The largest absolute Gasteiger partial charge is 0.348 e. The molecule has 0 heterocycles. The molecule has 2 N–H and O–H groups in total. The molecular formula is C19H22ClN2O+. The van der Waals surface area contributed by atoms with Crippen molar-refractivity contribution >= 4 is 23.6 Å². The zero-order valence-corrected chi connectivity index (χ0v) is 14.2. The highest BCUT2D eigenvalue weighted by Gasteiger charge is 2.00. The monoisotopic (exact) mass is 329 g/mol. The molecule has 0 aliphatic heterocycles. The molecule has 0 fully saturated rings. The molecular weight excluding hydrogens is 308 g/mol. The summed E-state index contributed by atoms with van der Waals surface area (Å²) in [5.74, 6) is -0.119. The third kappa shape index (κ3) is 6.27. The molecule has 23 heavy (non-hydrogen) atoms. The van der Waals surface area contributed by atoms with Crippen LogP contribution in [0.5, 0.6) is 0 Å². The van der Waals surface area contributed by atoms with Crippen molar-refractivity contribution in [2.45, 2.75) is 13.1 Å². The molecule has 1 amide bonds. The second kappa shape index (κ2) is 8.51. The summed E-state index contributed by atoms with van der Waals surface area (Å²) in [5.41, 5.74) is 3.29. The molecule has 4 heteroatoms. The van der Waals surface area contributed by atoms with E-state index in [0.717, 1.165) is 17.7 Å². The summed E-state index contributed by atoms with van der Waals surface area (Å²) in [7, 11) is 4.25. The van der Waals surface area contributed by atoms with Crippen molar-refractivity contribution in [3.8, 4) is 0 Å². The van der Waals surface area contributed by atoms with E-state index in [4.69, 9.17) is 11.6 Å². The molecule has 0 saturated carbocycles. The van der Waals surface area contributed by atoms with E-state index in [0.29, 0.717) is 11.6 Å². The number of halogens is 1. The van der Waals surface area contributed by atoms with Gasteiger partial charge in [-0.15, -0.1) is 0 Å². The van der Waals surface area contributed by atoms with Crippen LogP contribution in [-0.4, -0.2) is 20.0 Å². The summed E-state index contributed by atoms with van der Waals surface area (Å²) >= 11 is 5.91. The average Bonchev–Trinajstić information content (AvgIpc) is 2.52. The lowest BCUT2D eigenvalue weighted by Crippen LogP contribution is -3.04. The number of hydrogen-bond acceptors (Lipinski definition) is 1. The van der Waals surface area contributed by atoms with Crippen molar-refractivity contribution < 1.29 is 9.69 Å². The van der Waals surface area contributed by atoms with E-state index in [1.807, 2.05) is 18.2 Å². The maximum Gasteiger partial charge on any atom is 0.244 e. The van der Waals surface area contributed by atoms with Crippen LogP contribution in [0, 0.1) is 0 Å². The van der Waals surface area contributed by atoms with Gasteiger partial charge >= 0.3 is 0 Å². The molecule has 3 nitrogen and oxygen atoms in total. The second-order valence-electron chi connectivity index (χ2n) is 5.81. The van der Waals surface area contributed by atoms with E-state index in [2.05, 4.69) is 43.7 Å². The molecule has 2 aromatic rings. The first kappa shape index (κ1) is 17.3. The highest BCUT2D eigenvalue weighted by atomic mass is 35.5. The average molecular weight is 330 g/mol. The van der Waals surface area contributed by atoms with Crippen LogP contribution in [0.15, 0.2) is 54.6 Å². The van der Waals surface area contributed by atoms with Crippen molar-refractivity contribution in [1.82, 2.24) is 5.32 Å². The Labute approximate surface area is 142 Å². The van der Waals surface area contributed by atoms with E-state index >= 15 is 0 Å². The number of nitrogens with one attached hydrogen (secondary N) is 2. The molecule has 0 aliphatic rings. The molecule has 0 atom stereocenters. The van der Waals surface area contributed by atoms with Crippen LogP contribution < -0.4 is 10.2 Å². The predicted molar refractivity (Wildman–Crippen MR) is 95.3 cm³/mol. The Bertz CT molecular complexity index is 678. The Balaban J connectivity index is 1.84. The van der Waals surface area contributed by atoms with Gasteiger partial charge in [0.25, 0.3) is 0 Å². The molecule has 0 saturated heterocycles. The minimum Gasteiger partial charge on any atom is -0.348 e. The summed E-state index contributed by atoms with van der Waals surface area (Å²) in [6.45, 7) is 1.52. The van der Waals surface area contributed by atoms with Crippen LogP contribution in [0.25, 0.3) is 6.08 Å². The maximum atomic E-state index is 11.9. The Morgan fingerprint density at radius 3 is 2.48 bits per heavy atom. The van der Waals surface area contributed by atoms with E-state index in [1.165, 1.54) is 16.5 Å². The third-order valence-corrected chi connectivity index (χ3v) is 3.56. The number of carbonyl (C=O) groups is 1. The Hall–Kier alpha value is -2.10. The van der Waals surface area contributed by atoms with Gasteiger partial charge in [0, 0.05) is 23.2 Å². The number of rotatable bonds is 6. The lowest BCUT2D eigenvalue weighted by Gasteiger charge is -2.08. The topological polar surface area (TPSA) is 33.5 Å². The molecule has 0 spiro atoms. The van der Waals surface area contributed by atoms with E-state index in [1.54, 1.807) is 12.1 Å². The number of carbonyl (C=O) groups excluding carboxylic acids is 1. The second-order valence-corrected chi connectivity index (χ2v) is 6.24. The van der Waals surface area contributed by atoms with E-state index < -0.39 is 0 Å². The van der Waals surface area contributed by atoms with Gasteiger partial charge in [0.15, 0.2) is 0 Å². The number of benzene rings is 2. The van der Waals surface area contributed by atoms with Gasteiger partial charge in [-0.1, -0.05) is 48.0 Å². The van der Waals surface area contributed by atoms with Crippen LogP contribution in [0.1, 0.15) is 16.7 Å². The molecule has 0 aliphatic carbocycles. The molecule has 0 radical (unpaired) electrons. The van der Waals surface area contributed by atoms with Crippen molar-refractivity contribution in [2.75, 3.05) is 14.1 Å². The van der Waals surface area contributed by atoms with Crippen molar-refractivity contribution in [1.29, 1.82) is 0 Å². The summed E-state index contributed by atoms with van der Waals surface area (Å²) in [6.07, 6.45) is 3.28. The minimum absolute atomic E-state index is 0.119.